The van der Waals surface area contributed by atoms with Crippen LogP contribution in [0, 0.1) is 12.3 Å². The molecule has 0 spiro atoms. The molecule has 0 aliphatic heterocycles. The van der Waals surface area contributed by atoms with Gasteiger partial charge in [-0.1, -0.05) is 5.92 Å². The third kappa shape index (κ3) is 2.58. The van der Waals surface area contributed by atoms with E-state index in [1.54, 1.807) is 0 Å². The Morgan fingerprint density at radius 1 is 1.60 bits per heavy atom. The van der Waals surface area contributed by atoms with E-state index >= 15 is 0 Å². The van der Waals surface area contributed by atoms with Gasteiger partial charge in [0.1, 0.15) is 0 Å². The molecule has 0 radical (unpaired) electrons. The lowest BCUT2D eigenvalue weighted by atomic mass is 10.2. The Bertz CT molecular complexity index is 220. The summed E-state index contributed by atoms with van der Waals surface area (Å²) in [7, 11) is 0. The number of allylic oxidation sites excluding steroid dienone is 1. The highest BCUT2D eigenvalue weighted by atomic mass is 16.1. The molecule has 52 valence electrons. The minimum absolute atomic E-state index is 0.227. The number of carbonyl (C=O) groups excluding carboxylic acids is 1. The van der Waals surface area contributed by atoms with E-state index in [2.05, 4.69) is 5.92 Å². The number of hydrogen-bond donors (Lipinski definition) is 2. The molecule has 0 fully saturated rings. The van der Waals surface area contributed by atoms with Crippen LogP contribution in [-0.4, -0.2) is 5.91 Å². The Labute approximate surface area is 59.4 Å². The SMILES string of the molecule is C#C/C=C(\C=C/N)C(N)=O. The maximum Gasteiger partial charge on any atom is 0.249 e. The Balaban J connectivity index is 4.46. The van der Waals surface area contributed by atoms with E-state index in [1.807, 2.05) is 0 Å². The predicted octanol–water partition coefficient (Wildman–Crippen LogP) is -0.496. The van der Waals surface area contributed by atoms with Gasteiger partial charge < -0.3 is 11.5 Å². The van der Waals surface area contributed by atoms with Crippen molar-refractivity contribution in [1.29, 1.82) is 0 Å². The molecule has 1 amide bonds. The van der Waals surface area contributed by atoms with E-state index in [1.165, 1.54) is 18.4 Å². The summed E-state index contributed by atoms with van der Waals surface area (Å²) >= 11 is 0. The summed E-state index contributed by atoms with van der Waals surface area (Å²) in [6, 6.07) is 0. The van der Waals surface area contributed by atoms with E-state index < -0.39 is 5.91 Å². The molecule has 0 saturated carbocycles. The summed E-state index contributed by atoms with van der Waals surface area (Å²) in [5, 5.41) is 0. The van der Waals surface area contributed by atoms with Gasteiger partial charge >= 0.3 is 0 Å². The second kappa shape index (κ2) is 4.21. The fourth-order valence-corrected chi connectivity index (χ4v) is 0.395. The monoisotopic (exact) mass is 136 g/mol. The van der Waals surface area contributed by atoms with Gasteiger partial charge in [0.05, 0.1) is 0 Å². The number of terminal acetylenes is 1. The zero-order valence-corrected chi connectivity index (χ0v) is 5.37. The molecule has 0 rings (SSSR count). The zero-order valence-electron chi connectivity index (χ0n) is 5.37. The minimum Gasteiger partial charge on any atom is -0.405 e. The molecule has 10 heavy (non-hydrogen) atoms. The van der Waals surface area contributed by atoms with Crippen molar-refractivity contribution in [3.63, 3.8) is 0 Å². The van der Waals surface area contributed by atoms with Gasteiger partial charge in [-0.3, -0.25) is 4.79 Å². The maximum atomic E-state index is 10.4. The quantitative estimate of drug-likeness (QED) is 0.305. The average molecular weight is 136 g/mol. The van der Waals surface area contributed by atoms with Crippen LogP contribution in [0.3, 0.4) is 0 Å². The van der Waals surface area contributed by atoms with Gasteiger partial charge in [-0.2, -0.15) is 0 Å². The summed E-state index contributed by atoms with van der Waals surface area (Å²) in [4.78, 5) is 10.4. The van der Waals surface area contributed by atoms with Crippen LogP contribution in [0.5, 0.6) is 0 Å². The standard InChI is InChI=1S/C7H8N2O/c1-2-3-6(4-5-8)7(9)10/h1,3-5H,8H2,(H2,9,10)/b5-4-,6-3+. The summed E-state index contributed by atoms with van der Waals surface area (Å²) in [5.41, 5.74) is 10.1. The lowest BCUT2D eigenvalue weighted by Crippen LogP contribution is -2.12. The highest BCUT2D eigenvalue weighted by Crippen LogP contribution is 1.92. The molecule has 0 aromatic rings. The van der Waals surface area contributed by atoms with E-state index in [4.69, 9.17) is 17.9 Å². The largest absolute Gasteiger partial charge is 0.405 e. The molecule has 0 atom stereocenters. The molecule has 4 N–H and O–H groups in total. The lowest BCUT2D eigenvalue weighted by Gasteiger charge is -1.89. The first-order valence-corrected chi connectivity index (χ1v) is 2.56. The van der Waals surface area contributed by atoms with Crippen LogP contribution in [0.15, 0.2) is 23.9 Å². The van der Waals surface area contributed by atoms with Crippen molar-refractivity contribution in [2.75, 3.05) is 0 Å². The highest BCUT2D eigenvalue weighted by molar-refractivity contribution is 5.95. The Kier molecular flexibility index (Phi) is 3.50. The van der Waals surface area contributed by atoms with Crippen LogP contribution in [0.1, 0.15) is 0 Å². The molecule has 0 aliphatic rings. The van der Waals surface area contributed by atoms with Crippen molar-refractivity contribution < 1.29 is 4.79 Å². The summed E-state index contributed by atoms with van der Waals surface area (Å²) in [5.74, 6) is 1.58. The van der Waals surface area contributed by atoms with Gasteiger partial charge in [0.25, 0.3) is 0 Å². The summed E-state index contributed by atoms with van der Waals surface area (Å²) < 4.78 is 0. The first-order valence-electron chi connectivity index (χ1n) is 2.56. The fourth-order valence-electron chi connectivity index (χ4n) is 0.395. The second-order valence-corrected chi connectivity index (χ2v) is 1.49. The smallest absolute Gasteiger partial charge is 0.249 e. The molecular formula is C7H8N2O. The Morgan fingerprint density at radius 2 is 2.20 bits per heavy atom. The molecule has 0 saturated heterocycles. The van der Waals surface area contributed by atoms with Gasteiger partial charge in [0.15, 0.2) is 0 Å². The lowest BCUT2D eigenvalue weighted by molar-refractivity contribution is -0.114. The summed E-state index contributed by atoms with van der Waals surface area (Å²) in [6.45, 7) is 0. The van der Waals surface area contributed by atoms with Crippen molar-refractivity contribution >= 4 is 5.91 Å². The molecule has 0 unspecified atom stereocenters. The first-order chi connectivity index (χ1) is 4.72. The van der Waals surface area contributed by atoms with Crippen molar-refractivity contribution in [2.45, 2.75) is 0 Å². The third-order valence-electron chi connectivity index (χ3n) is 0.799. The average Bonchev–Trinajstić information content (AvgIpc) is 1.87. The number of amides is 1. The molecule has 0 aromatic carbocycles. The number of primary amides is 1. The number of hydrogen-bond acceptors (Lipinski definition) is 2. The Morgan fingerprint density at radius 3 is 2.50 bits per heavy atom. The first kappa shape index (κ1) is 8.31. The summed E-state index contributed by atoms with van der Waals surface area (Å²) in [6.07, 6.45) is 8.70. The van der Waals surface area contributed by atoms with Gasteiger partial charge in [-0.05, 0) is 12.3 Å². The molecule has 0 heterocycles. The zero-order chi connectivity index (χ0) is 7.98. The van der Waals surface area contributed by atoms with Crippen LogP contribution >= 0.6 is 0 Å². The van der Waals surface area contributed by atoms with Crippen LogP contribution < -0.4 is 11.5 Å². The van der Waals surface area contributed by atoms with E-state index in [0.29, 0.717) is 0 Å². The van der Waals surface area contributed by atoms with Crippen molar-refractivity contribution in [2.24, 2.45) is 11.5 Å². The van der Waals surface area contributed by atoms with E-state index in [0.717, 1.165) is 0 Å². The number of rotatable bonds is 2. The van der Waals surface area contributed by atoms with Gasteiger partial charge in [-0.15, -0.1) is 6.42 Å². The van der Waals surface area contributed by atoms with Crippen molar-refractivity contribution in [3.8, 4) is 12.3 Å². The van der Waals surface area contributed by atoms with Gasteiger partial charge in [0, 0.05) is 11.6 Å². The maximum absolute atomic E-state index is 10.4. The second-order valence-electron chi connectivity index (χ2n) is 1.49. The van der Waals surface area contributed by atoms with E-state index in [9.17, 15) is 4.79 Å². The van der Waals surface area contributed by atoms with E-state index in [-0.39, 0.29) is 5.57 Å². The molecule has 0 bridgehead atoms. The van der Waals surface area contributed by atoms with Crippen LogP contribution in [-0.2, 0) is 4.79 Å². The van der Waals surface area contributed by atoms with Crippen molar-refractivity contribution in [1.82, 2.24) is 0 Å². The van der Waals surface area contributed by atoms with Crippen LogP contribution in [0.25, 0.3) is 0 Å². The number of nitrogens with two attached hydrogens (primary N) is 2. The van der Waals surface area contributed by atoms with Gasteiger partial charge in [-0.25, -0.2) is 0 Å². The fraction of sp³-hybridized carbons (Fsp3) is 0. The molecular weight excluding hydrogens is 128 g/mol. The molecule has 3 nitrogen and oxygen atoms in total. The highest BCUT2D eigenvalue weighted by Gasteiger charge is 1.96. The Hall–Kier alpha value is -1.69. The third-order valence-corrected chi connectivity index (χ3v) is 0.799. The molecule has 0 aromatic heterocycles. The predicted molar refractivity (Wildman–Crippen MR) is 39.4 cm³/mol. The van der Waals surface area contributed by atoms with Crippen LogP contribution in [0.4, 0.5) is 0 Å². The number of carbonyl (C=O) groups is 1. The normalized spacial score (nSPS) is 11.3. The van der Waals surface area contributed by atoms with Gasteiger partial charge in [0.2, 0.25) is 5.91 Å². The molecule has 3 heteroatoms. The topological polar surface area (TPSA) is 69.1 Å². The van der Waals surface area contributed by atoms with Crippen LogP contribution in [0.2, 0.25) is 0 Å². The molecule has 0 aliphatic carbocycles. The van der Waals surface area contributed by atoms with Crippen molar-refractivity contribution in [3.05, 3.63) is 23.9 Å². The minimum atomic E-state index is -0.584.